The Bertz CT molecular complexity index is 1190. The van der Waals surface area contributed by atoms with Crippen molar-refractivity contribution in [2.75, 3.05) is 17.1 Å². The average molecular weight is 577 g/mol. The highest BCUT2D eigenvalue weighted by Gasteiger charge is 2.33. The Labute approximate surface area is 228 Å². The molecular formula is C25H32Cl3N3O4S. The third kappa shape index (κ3) is 7.75. The van der Waals surface area contributed by atoms with Crippen molar-refractivity contribution in [2.45, 2.75) is 59.2 Å². The molecule has 0 aliphatic heterocycles. The van der Waals surface area contributed by atoms with Crippen LogP contribution in [-0.2, 0) is 26.2 Å². The van der Waals surface area contributed by atoms with E-state index in [1.165, 1.54) is 11.0 Å². The molecule has 0 aromatic heterocycles. The molecule has 0 spiro atoms. The van der Waals surface area contributed by atoms with Gasteiger partial charge in [0.1, 0.15) is 12.6 Å². The van der Waals surface area contributed by atoms with Gasteiger partial charge >= 0.3 is 0 Å². The first kappa shape index (κ1) is 30.2. The largest absolute Gasteiger partial charge is 0.352 e. The molecule has 0 heterocycles. The summed E-state index contributed by atoms with van der Waals surface area (Å²) in [6.45, 7) is 6.77. The number of hydrogen-bond donors (Lipinski definition) is 1. The van der Waals surface area contributed by atoms with Gasteiger partial charge in [-0.2, -0.15) is 0 Å². The van der Waals surface area contributed by atoms with Gasteiger partial charge in [-0.1, -0.05) is 60.8 Å². The lowest BCUT2D eigenvalue weighted by atomic mass is 10.1. The van der Waals surface area contributed by atoms with E-state index in [1.54, 1.807) is 44.2 Å². The standard InChI is InChI=1S/C25H32Cl3N3O4S/c1-6-17(4)29-25(33)23(7-2)30(14-19-20(26)9-8-10-21(19)27)24(32)15-31(36(5,34)35)18-12-11-16(3)22(28)13-18/h8-13,17,23H,6-7,14-15H2,1-5H3,(H,29,33)/t17-,23+/m1/s1. The third-order valence-electron chi connectivity index (χ3n) is 5.90. The predicted molar refractivity (Wildman–Crippen MR) is 147 cm³/mol. The summed E-state index contributed by atoms with van der Waals surface area (Å²) in [7, 11) is -3.87. The Kier molecular flexibility index (Phi) is 10.9. The Balaban J connectivity index is 2.52. The minimum Gasteiger partial charge on any atom is -0.352 e. The molecule has 0 fully saturated rings. The maximum atomic E-state index is 13.7. The van der Waals surface area contributed by atoms with Crippen LogP contribution in [0.15, 0.2) is 36.4 Å². The lowest BCUT2D eigenvalue weighted by molar-refractivity contribution is -0.140. The fraction of sp³-hybridized carbons (Fsp3) is 0.440. The van der Waals surface area contributed by atoms with Crippen molar-refractivity contribution in [1.82, 2.24) is 10.2 Å². The first-order valence-electron chi connectivity index (χ1n) is 11.6. The van der Waals surface area contributed by atoms with E-state index in [9.17, 15) is 18.0 Å². The van der Waals surface area contributed by atoms with E-state index in [0.717, 1.165) is 16.1 Å². The lowest BCUT2D eigenvalue weighted by Gasteiger charge is -2.33. The van der Waals surface area contributed by atoms with Crippen molar-refractivity contribution >= 4 is 62.3 Å². The fourth-order valence-corrected chi connectivity index (χ4v) is 5.10. The quantitative estimate of drug-likeness (QED) is 0.386. The van der Waals surface area contributed by atoms with Crippen LogP contribution in [0.2, 0.25) is 15.1 Å². The van der Waals surface area contributed by atoms with Gasteiger partial charge < -0.3 is 10.2 Å². The van der Waals surface area contributed by atoms with Gasteiger partial charge in [-0.15, -0.1) is 0 Å². The van der Waals surface area contributed by atoms with Gasteiger partial charge in [0, 0.05) is 33.2 Å². The van der Waals surface area contributed by atoms with Crippen molar-refractivity contribution in [2.24, 2.45) is 0 Å². The van der Waals surface area contributed by atoms with Crippen LogP contribution >= 0.6 is 34.8 Å². The predicted octanol–water partition coefficient (Wildman–Crippen LogP) is 5.44. The molecule has 1 N–H and O–H groups in total. The summed E-state index contributed by atoms with van der Waals surface area (Å²) in [5, 5.41) is 3.95. The number of aryl methyl sites for hydroxylation is 1. The van der Waals surface area contributed by atoms with E-state index >= 15 is 0 Å². The summed E-state index contributed by atoms with van der Waals surface area (Å²) in [5.74, 6) is -0.924. The Hall–Kier alpha value is -2.00. The van der Waals surface area contributed by atoms with Crippen LogP contribution in [0.4, 0.5) is 5.69 Å². The topological polar surface area (TPSA) is 86.8 Å². The number of nitrogens with zero attached hydrogens (tertiary/aromatic N) is 2. The Morgan fingerprint density at radius 3 is 2.11 bits per heavy atom. The number of hydrogen-bond acceptors (Lipinski definition) is 4. The number of benzene rings is 2. The molecule has 2 aromatic carbocycles. The molecule has 0 saturated carbocycles. The molecule has 0 aliphatic rings. The summed E-state index contributed by atoms with van der Waals surface area (Å²) >= 11 is 19.0. The molecule has 0 saturated heterocycles. The monoisotopic (exact) mass is 575 g/mol. The fourth-order valence-electron chi connectivity index (χ4n) is 3.56. The zero-order chi connectivity index (χ0) is 27.2. The number of nitrogens with one attached hydrogen (secondary N) is 1. The van der Waals surface area contributed by atoms with Crippen LogP contribution in [0, 0.1) is 6.92 Å². The molecule has 0 radical (unpaired) electrons. The van der Waals surface area contributed by atoms with E-state index in [2.05, 4.69) is 5.32 Å². The van der Waals surface area contributed by atoms with Gasteiger partial charge in [-0.05, 0) is 56.5 Å². The van der Waals surface area contributed by atoms with E-state index in [-0.39, 0.29) is 24.2 Å². The zero-order valence-corrected chi connectivity index (χ0v) is 24.1. The van der Waals surface area contributed by atoms with Crippen LogP contribution in [0.3, 0.4) is 0 Å². The van der Waals surface area contributed by atoms with Crippen LogP contribution in [0.25, 0.3) is 0 Å². The molecule has 2 amide bonds. The van der Waals surface area contributed by atoms with Crippen LogP contribution < -0.4 is 9.62 Å². The van der Waals surface area contributed by atoms with Crippen LogP contribution in [-0.4, -0.2) is 50.0 Å². The van der Waals surface area contributed by atoms with Gasteiger partial charge in [-0.25, -0.2) is 8.42 Å². The summed E-state index contributed by atoms with van der Waals surface area (Å²) in [6, 6.07) is 8.74. The molecular weight excluding hydrogens is 545 g/mol. The van der Waals surface area contributed by atoms with E-state index in [1.807, 2.05) is 13.8 Å². The first-order chi connectivity index (χ1) is 16.8. The molecule has 0 unspecified atom stereocenters. The number of sulfonamides is 1. The summed E-state index contributed by atoms with van der Waals surface area (Å²) in [4.78, 5) is 28.2. The molecule has 2 aromatic rings. The van der Waals surface area contributed by atoms with Gasteiger partial charge in [0.15, 0.2) is 0 Å². The van der Waals surface area contributed by atoms with Crippen molar-refractivity contribution in [3.05, 3.63) is 62.6 Å². The molecule has 0 aliphatic carbocycles. The summed E-state index contributed by atoms with van der Waals surface area (Å²) < 4.78 is 26.4. The van der Waals surface area contributed by atoms with Gasteiger partial charge in [0.2, 0.25) is 21.8 Å². The minimum absolute atomic E-state index is 0.0734. The lowest BCUT2D eigenvalue weighted by Crippen LogP contribution is -2.53. The molecule has 11 heteroatoms. The molecule has 2 rings (SSSR count). The summed E-state index contributed by atoms with van der Waals surface area (Å²) in [5.41, 5.74) is 1.48. The van der Waals surface area contributed by atoms with Gasteiger partial charge in [0.25, 0.3) is 0 Å². The first-order valence-corrected chi connectivity index (χ1v) is 14.5. The second kappa shape index (κ2) is 13.0. The maximum absolute atomic E-state index is 13.7. The Morgan fingerprint density at radius 1 is 1.00 bits per heavy atom. The highest BCUT2D eigenvalue weighted by molar-refractivity contribution is 7.92. The van der Waals surface area contributed by atoms with Crippen molar-refractivity contribution < 1.29 is 18.0 Å². The van der Waals surface area contributed by atoms with E-state index in [4.69, 9.17) is 34.8 Å². The van der Waals surface area contributed by atoms with Crippen molar-refractivity contribution in [3.63, 3.8) is 0 Å². The second-order valence-electron chi connectivity index (χ2n) is 8.67. The number of anilines is 1. The van der Waals surface area contributed by atoms with E-state index < -0.39 is 28.5 Å². The second-order valence-corrected chi connectivity index (χ2v) is 11.8. The number of rotatable bonds is 11. The van der Waals surface area contributed by atoms with Crippen molar-refractivity contribution in [1.29, 1.82) is 0 Å². The Morgan fingerprint density at radius 2 is 1.61 bits per heavy atom. The van der Waals surface area contributed by atoms with Crippen LogP contribution in [0.5, 0.6) is 0 Å². The molecule has 36 heavy (non-hydrogen) atoms. The van der Waals surface area contributed by atoms with Crippen molar-refractivity contribution in [3.8, 4) is 0 Å². The molecule has 198 valence electrons. The molecule has 7 nitrogen and oxygen atoms in total. The highest BCUT2D eigenvalue weighted by atomic mass is 35.5. The third-order valence-corrected chi connectivity index (χ3v) is 8.16. The van der Waals surface area contributed by atoms with Crippen LogP contribution in [0.1, 0.15) is 44.7 Å². The highest BCUT2D eigenvalue weighted by Crippen LogP contribution is 2.28. The molecule has 0 bridgehead atoms. The smallest absolute Gasteiger partial charge is 0.244 e. The van der Waals surface area contributed by atoms with Gasteiger partial charge in [-0.3, -0.25) is 13.9 Å². The number of carbonyl (C=O) groups is 2. The molecule has 2 atom stereocenters. The van der Waals surface area contributed by atoms with Gasteiger partial charge in [0.05, 0.1) is 11.9 Å². The normalized spacial score (nSPS) is 13.1. The SMILES string of the molecule is CC[C@@H](C)NC(=O)[C@H](CC)N(Cc1c(Cl)cccc1Cl)C(=O)CN(c1ccc(C)c(Cl)c1)S(C)(=O)=O. The number of halogens is 3. The number of carbonyl (C=O) groups excluding carboxylic acids is 2. The zero-order valence-electron chi connectivity index (χ0n) is 21.0. The summed E-state index contributed by atoms with van der Waals surface area (Å²) in [6.07, 6.45) is 2.02. The average Bonchev–Trinajstić information content (AvgIpc) is 2.80. The maximum Gasteiger partial charge on any atom is 0.244 e. The number of amides is 2. The van der Waals surface area contributed by atoms with E-state index in [0.29, 0.717) is 33.5 Å². The minimum atomic E-state index is -3.87.